The fraction of sp³-hybridized carbons (Fsp3) is 0.292. The molecule has 0 bridgehead atoms. The van der Waals surface area contributed by atoms with E-state index in [2.05, 4.69) is 47.0 Å². The predicted molar refractivity (Wildman–Crippen MR) is 232 cm³/mol. The number of carbonyl (C=O) groups is 4. The lowest BCUT2D eigenvalue weighted by atomic mass is 9.87. The summed E-state index contributed by atoms with van der Waals surface area (Å²) >= 11 is 0. The first kappa shape index (κ1) is 43.7. The highest BCUT2D eigenvalue weighted by atomic mass is 16.5. The summed E-state index contributed by atoms with van der Waals surface area (Å²) in [6.45, 7) is 9.75. The Morgan fingerprint density at radius 3 is 1.83 bits per heavy atom. The largest absolute Gasteiger partial charge is 0.496 e. The molecule has 0 spiro atoms. The van der Waals surface area contributed by atoms with Crippen LogP contribution in [0.2, 0.25) is 0 Å². The van der Waals surface area contributed by atoms with Crippen LogP contribution >= 0.6 is 0 Å². The summed E-state index contributed by atoms with van der Waals surface area (Å²) in [5.74, 6) is -1.00. The number of fused-ring (bicyclic) bond motifs is 2. The summed E-state index contributed by atoms with van der Waals surface area (Å²) in [5, 5.41) is 12.2. The number of hydrogen-bond donors (Lipinski definition) is 4. The lowest BCUT2D eigenvalue weighted by Gasteiger charge is -2.26. The third-order valence-electron chi connectivity index (χ3n) is 10.2. The molecule has 59 heavy (non-hydrogen) atoms. The molecule has 3 atom stereocenters. The minimum atomic E-state index is -1.11. The Kier molecular flexibility index (Phi) is 15.8. The Hall–Kier alpha value is -6.46. The maximum atomic E-state index is 14.3. The number of methoxy groups -OCH3 is 2. The first-order valence-electron chi connectivity index (χ1n) is 19.9. The quantitative estimate of drug-likeness (QED) is 0.0394. The van der Waals surface area contributed by atoms with Crippen molar-refractivity contribution in [3.05, 3.63) is 133 Å². The molecule has 6 N–H and O–H groups in total. The van der Waals surface area contributed by atoms with Crippen molar-refractivity contribution in [2.45, 2.75) is 70.2 Å². The number of hydrogen-bond acceptors (Lipinski definition) is 7. The zero-order chi connectivity index (χ0) is 42.3. The van der Waals surface area contributed by atoms with Crippen LogP contribution in [0, 0.1) is 0 Å². The van der Waals surface area contributed by atoms with Crippen LogP contribution in [0.4, 0.5) is 0 Å². The van der Waals surface area contributed by atoms with Crippen molar-refractivity contribution in [3.8, 4) is 22.6 Å². The molecule has 5 aromatic carbocycles. The Balaban J connectivity index is 1.52. The second-order valence-corrected chi connectivity index (χ2v) is 14.4. The molecule has 5 aromatic rings. The molecular formula is C48H55N4O7+. The van der Waals surface area contributed by atoms with Gasteiger partial charge >= 0.3 is 5.97 Å². The van der Waals surface area contributed by atoms with Crippen LogP contribution in [0.5, 0.6) is 11.5 Å². The highest BCUT2D eigenvalue weighted by molar-refractivity contribution is 6.11. The standard InChI is InChI=1S/C48H54N4O7/c1-6-17-35-27-33-21-11-13-23-37(33)42(44(35)57-4)43-38-24-14-12-22-34(38)28-36(45(43)58-5)29-41(50-31(3)53)47(55)51-39(25-15-16-26-49)46(54)52-40(18-7-2)48(56)59-30-32-19-9-8-10-20-32/h6-14,19-24,27-28,39-41H,1-2,15-18,25-26,29-30,49H2,3-5H3,(H,50,53)(H,51,55)(H,52,54)/p+1/t39-,40-,41?/m1/s1. The molecule has 0 radical (unpaired) electrons. The highest BCUT2D eigenvalue weighted by Crippen LogP contribution is 2.48. The maximum Gasteiger partial charge on any atom is 0.329 e. The van der Waals surface area contributed by atoms with Crippen LogP contribution in [0.25, 0.3) is 32.7 Å². The van der Waals surface area contributed by atoms with Crippen LogP contribution in [-0.4, -0.2) is 62.6 Å². The maximum absolute atomic E-state index is 14.3. The zero-order valence-corrected chi connectivity index (χ0v) is 34.2. The normalized spacial score (nSPS) is 12.5. The molecule has 0 saturated carbocycles. The van der Waals surface area contributed by atoms with Gasteiger partial charge in [-0.3, -0.25) is 14.4 Å². The van der Waals surface area contributed by atoms with Gasteiger partial charge in [-0.1, -0.05) is 91.0 Å². The summed E-state index contributed by atoms with van der Waals surface area (Å²) in [7, 11) is 3.23. The second-order valence-electron chi connectivity index (χ2n) is 14.4. The number of allylic oxidation sites excluding steroid dienone is 1. The van der Waals surface area contributed by atoms with E-state index in [9.17, 15) is 19.2 Å². The van der Waals surface area contributed by atoms with Crippen LogP contribution in [0.15, 0.2) is 116 Å². The Morgan fingerprint density at radius 2 is 1.25 bits per heavy atom. The Labute approximate surface area is 346 Å². The molecule has 11 nitrogen and oxygen atoms in total. The summed E-state index contributed by atoms with van der Waals surface area (Å²) < 4.78 is 17.9. The number of quaternary nitrogens is 1. The number of amides is 3. The molecule has 0 aliphatic rings. The van der Waals surface area contributed by atoms with E-state index in [-0.39, 0.29) is 25.9 Å². The van der Waals surface area contributed by atoms with E-state index in [4.69, 9.17) is 14.2 Å². The van der Waals surface area contributed by atoms with Gasteiger partial charge < -0.3 is 35.9 Å². The van der Waals surface area contributed by atoms with Crippen LogP contribution in [0.3, 0.4) is 0 Å². The molecule has 1 unspecified atom stereocenters. The third kappa shape index (κ3) is 10.9. The van der Waals surface area contributed by atoms with Gasteiger partial charge in [0.1, 0.15) is 36.2 Å². The van der Waals surface area contributed by atoms with Crippen molar-refractivity contribution in [1.82, 2.24) is 16.0 Å². The van der Waals surface area contributed by atoms with Crippen LogP contribution in [0.1, 0.15) is 49.3 Å². The Bertz CT molecular complexity index is 2290. The third-order valence-corrected chi connectivity index (χ3v) is 10.2. The molecule has 0 saturated heterocycles. The predicted octanol–water partition coefficient (Wildman–Crippen LogP) is 6.15. The minimum absolute atomic E-state index is 0.0249. The summed E-state index contributed by atoms with van der Waals surface area (Å²) in [4.78, 5) is 54.2. The first-order chi connectivity index (χ1) is 28.6. The highest BCUT2D eigenvalue weighted by Gasteiger charge is 2.31. The van der Waals surface area contributed by atoms with E-state index in [1.165, 1.54) is 13.0 Å². The van der Waals surface area contributed by atoms with Gasteiger partial charge in [-0.2, -0.15) is 0 Å². The molecule has 3 amide bonds. The number of esters is 1. The average molecular weight is 800 g/mol. The van der Waals surface area contributed by atoms with Gasteiger partial charge in [-0.05, 0) is 82.5 Å². The lowest BCUT2D eigenvalue weighted by Crippen LogP contribution is -2.56. The van der Waals surface area contributed by atoms with E-state index in [0.29, 0.717) is 42.9 Å². The van der Waals surface area contributed by atoms with E-state index >= 15 is 0 Å². The fourth-order valence-corrected chi connectivity index (χ4v) is 7.42. The van der Waals surface area contributed by atoms with E-state index < -0.39 is 41.8 Å². The van der Waals surface area contributed by atoms with Crippen molar-refractivity contribution in [1.29, 1.82) is 0 Å². The van der Waals surface area contributed by atoms with Gasteiger partial charge in [0.15, 0.2) is 0 Å². The van der Waals surface area contributed by atoms with Crippen molar-refractivity contribution >= 4 is 45.2 Å². The SMILES string of the molecule is C=CCc1cc2ccccc2c(-c2c(OC)c(CC(NC(C)=O)C(=O)N[C@H](CCCC[NH3+])C(=O)N[C@H](CC=C)C(=O)OCc3ccccc3)cc3ccccc23)c1OC. The molecule has 0 aliphatic heterocycles. The van der Waals surface area contributed by atoms with Gasteiger partial charge in [-0.25, -0.2) is 4.79 Å². The van der Waals surface area contributed by atoms with E-state index in [1.54, 1.807) is 14.2 Å². The van der Waals surface area contributed by atoms with Crippen molar-refractivity contribution in [2.75, 3.05) is 20.8 Å². The Morgan fingerprint density at radius 1 is 0.695 bits per heavy atom. The molecule has 0 aromatic heterocycles. The molecule has 11 heteroatoms. The molecular weight excluding hydrogens is 745 g/mol. The minimum Gasteiger partial charge on any atom is -0.496 e. The topological polar surface area (TPSA) is 160 Å². The van der Waals surface area contributed by atoms with Gasteiger partial charge in [0, 0.05) is 24.5 Å². The summed E-state index contributed by atoms with van der Waals surface area (Å²) in [5.41, 5.74) is 7.93. The number of nitrogens with one attached hydrogen (secondary N) is 3. The van der Waals surface area contributed by atoms with E-state index in [1.807, 2.05) is 84.9 Å². The molecule has 308 valence electrons. The summed E-state index contributed by atoms with van der Waals surface area (Å²) in [6.07, 6.45) is 5.65. The second kappa shape index (κ2) is 21.3. The van der Waals surface area contributed by atoms with Crippen molar-refractivity contribution in [3.63, 3.8) is 0 Å². The zero-order valence-electron chi connectivity index (χ0n) is 34.2. The number of carbonyl (C=O) groups excluding carboxylic acids is 4. The van der Waals surface area contributed by atoms with Crippen molar-refractivity contribution in [2.24, 2.45) is 0 Å². The number of rotatable bonds is 21. The van der Waals surface area contributed by atoms with Gasteiger partial charge in [0.2, 0.25) is 17.7 Å². The monoisotopic (exact) mass is 799 g/mol. The first-order valence-corrected chi connectivity index (χ1v) is 19.9. The number of ether oxygens (including phenoxy) is 3. The van der Waals surface area contributed by atoms with Gasteiger partial charge in [0.25, 0.3) is 0 Å². The average Bonchev–Trinajstić information content (AvgIpc) is 3.24. The molecule has 5 rings (SSSR count). The molecule has 0 aliphatic carbocycles. The fourth-order valence-electron chi connectivity index (χ4n) is 7.42. The van der Waals surface area contributed by atoms with Gasteiger partial charge in [-0.15, -0.1) is 13.2 Å². The number of unbranched alkanes of at least 4 members (excludes halogenated alkanes) is 1. The van der Waals surface area contributed by atoms with Crippen molar-refractivity contribution < 1.29 is 39.1 Å². The molecule has 0 fully saturated rings. The number of benzene rings is 5. The van der Waals surface area contributed by atoms with Crippen LogP contribution in [-0.2, 0) is 43.4 Å². The summed E-state index contributed by atoms with van der Waals surface area (Å²) in [6, 6.07) is 26.1. The van der Waals surface area contributed by atoms with Crippen LogP contribution < -0.4 is 31.2 Å². The molecule has 0 heterocycles. The smallest absolute Gasteiger partial charge is 0.329 e. The lowest BCUT2D eigenvalue weighted by molar-refractivity contribution is -0.368. The van der Waals surface area contributed by atoms with Gasteiger partial charge in [0.05, 0.1) is 20.8 Å². The van der Waals surface area contributed by atoms with E-state index in [0.717, 1.165) is 43.8 Å².